The van der Waals surface area contributed by atoms with E-state index < -0.39 is 0 Å². The number of nitrogens with zero attached hydrogens (tertiary/aromatic N) is 2. The molecule has 0 aliphatic rings. The van der Waals surface area contributed by atoms with Crippen molar-refractivity contribution in [2.45, 2.75) is 6.54 Å². The fraction of sp³-hybridized carbons (Fsp3) is 0.0345. The maximum atomic E-state index is 4.62. The minimum absolute atomic E-state index is 0.742. The zero-order valence-corrected chi connectivity index (χ0v) is 17.3. The van der Waals surface area contributed by atoms with E-state index in [2.05, 4.69) is 88.1 Å². The van der Waals surface area contributed by atoms with Crippen LogP contribution in [0.4, 0.5) is 5.69 Å². The number of pyridine rings is 2. The monoisotopic (exact) mass is 409 g/mol. The van der Waals surface area contributed by atoms with Gasteiger partial charge in [0.15, 0.2) is 0 Å². The summed E-state index contributed by atoms with van der Waals surface area (Å²) in [5, 5.41) is 13.8. The first-order chi connectivity index (χ1) is 15.8. The van der Waals surface area contributed by atoms with Gasteiger partial charge in [0, 0.05) is 35.4 Å². The Balaban J connectivity index is 1.34. The molecule has 1 N–H and O–H groups in total. The Morgan fingerprint density at radius 1 is 0.562 bits per heavy atom. The molecule has 0 aliphatic carbocycles. The number of aromatic nitrogens is 2. The van der Waals surface area contributed by atoms with Gasteiger partial charge in [-0.15, -0.1) is 0 Å². The van der Waals surface area contributed by atoms with E-state index in [9.17, 15) is 0 Å². The second kappa shape index (κ2) is 6.63. The normalized spacial score (nSPS) is 11.9. The molecule has 0 saturated carbocycles. The summed E-state index contributed by atoms with van der Waals surface area (Å²) in [4.78, 5) is 9.18. The molecule has 5 aromatic carbocycles. The number of hydrogen-bond donors (Lipinski definition) is 1. The van der Waals surface area contributed by atoms with Crippen LogP contribution >= 0.6 is 0 Å². The molecule has 3 nitrogen and oxygen atoms in total. The second-order valence-corrected chi connectivity index (χ2v) is 8.38. The molecule has 0 aliphatic heterocycles. The molecule has 0 radical (unpaired) electrons. The van der Waals surface area contributed by atoms with Crippen molar-refractivity contribution in [2.24, 2.45) is 0 Å². The maximum Gasteiger partial charge on any atom is 0.0985 e. The lowest BCUT2D eigenvalue weighted by atomic mass is 9.93. The van der Waals surface area contributed by atoms with Gasteiger partial charge in [0.25, 0.3) is 0 Å². The third-order valence-electron chi connectivity index (χ3n) is 6.47. The summed E-state index contributed by atoms with van der Waals surface area (Å²) < 4.78 is 0. The molecule has 150 valence electrons. The van der Waals surface area contributed by atoms with Crippen molar-refractivity contribution >= 4 is 59.8 Å². The van der Waals surface area contributed by atoms with Crippen LogP contribution in [0.3, 0.4) is 0 Å². The van der Waals surface area contributed by atoms with E-state index in [1.165, 1.54) is 37.9 Å². The second-order valence-electron chi connectivity index (χ2n) is 8.38. The molecule has 2 heterocycles. The fourth-order valence-corrected chi connectivity index (χ4v) is 5.04. The summed E-state index contributed by atoms with van der Waals surface area (Å²) in [5.41, 5.74) is 4.22. The van der Waals surface area contributed by atoms with Crippen LogP contribution in [-0.2, 0) is 6.54 Å². The first-order valence-corrected chi connectivity index (χ1v) is 10.9. The summed E-state index contributed by atoms with van der Waals surface area (Å²) in [6.07, 6.45) is 3.66. The molecular weight excluding hydrogens is 390 g/mol. The predicted octanol–water partition coefficient (Wildman–Crippen LogP) is 7.29. The summed E-state index contributed by atoms with van der Waals surface area (Å²) in [7, 11) is 0. The van der Waals surface area contributed by atoms with Gasteiger partial charge in [0.1, 0.15) is 0 Å². The number of fused-ring (bicyclic) bond motifs is 3. The van der Waals surface area contributed by atoms with Crippen LogP contribution in [0.5, 0.6) is 0 Å². The quantitative estimate of drug-likeness (QED) is 0.311. The van der Waals surface area contributed by atoms with Gasteiger partial charge < -0.3 is 5.32 Å². The van der Waals surface area contributed by atoms with Gasteiger partial charge >= 0.3 is 0 Å². The van der Waals surface area contributed by atoms with E-state index in [1.54, 1.807) is 0 Å². The lowest BCUT2D eigenvalue weighted by molar-refractivity contribution is 1.16. The molecule has 0 unspecified atom stereocenters. The first kappa shape index (κ1) is 17.4. The van der Waals surface area contributed by atoms with Gasteiger partial charge in [-0.1, -0.05) is 48.5 Å². The van der Waals surface area contributed by atoms with Crippen molar-refractivity contribution in [3.05, 3.63) is 103 Å². The maximum absolute atomic E-state index is 4.62. The molecule has 32 heavy (non-hydrogen) atoms. The summed E-state index contributed by atoms with van der Waals surface area (Å²) in [6, 6.07) is 30.4. The molecule has 0 bridgehead atoms. The first-order valence-electron chi connectivity index (χ1n) is 10.9. The Labute approximate surface area is 184 Å². The van der Waals surface area contributed by atoms with Crippen molar-refractivity contribution in [1.29, 1.82) is 0 Å². The molecular formula is C29H19N3. The van der Waals surface area contributed by atoms with Crippen LogP contribution in [0.25, 0.3) is 54.1 Å². The SMILES string of the molecule is c1cnc2c(c1)cc(NCc1cc3ccc4cccc5ccc(c1)c3c45)c1cccnc12. The highest BCUT2D eigenvalue weighted by Crippen LogP contribution is 2.35. The Bertz CT molecular complexity index is 1720. The molecule has 0 amide bonds. The van der Waals surface area contributed by atoms with Crippen molar-refractivity contribution in [2.75, 3.05) is 5.32 Å². The summed E-state index contributed by atoms with van der Waals surface area (Å²) in [5.74, 6) is 0. The van der Waals surface area contributed by atoms with Crippen molar-refractivity contribution in [1.82, 2.24) is 9.97 Å². The largest absolute Gasteiger partial charge is 0.380 e. The minimum Gasteiger partial charge on any atom is -0.380 e. The molecule has 0 spiro atoms. The van der Waals surface area contributed by atoms with Crippen LogP contribution < -0.4 is 5.32 Å². The minimum atomic E-state index is 0.742. The smallest absolute Gasteiger partial charge is 0.0985 e. The van der Waals surface area contributed by atoms with Crippen LogP contribution in [0.1, 0.15) is 5.56 Å². The zero-order chi connectivity index (χ0) is 21.1. The standard InChI is InChI=1S/C29H19N3/c1-4-19-8-10-21-14-18(15-22-11-9-20(5-1)26(19)27(21)22)17-32-25-16-23-6-2-12-30-28(23)29-24(25)7-3-13-31-29/h1-16,32H,17H2. The highest BCUT2D eigenvalue weighted by atomic mass is 14.9. The van der Waals surface area contributed by atoms with Gasteiger partial charge in [-0.2, -0.15) is 0 Å². The summed E-state index contributed by atoms with van der Waals surface area (Å²) in [6.45, 7) is 0.742. The van der Waals surface area contributed by atoms with E-state index in [4.69, 9.17) is 0 Å². The average Bonchev–Trinajstić information content (AvgIpc) is 2.86. The number of anilines is 1. The molecule has 0 saturated heterocycles. The zero-order valence-electron chi connectivity index (χ0n) is 17.3. The lowest BCUT2D eigenvalue weighted by Crippen LogP contribution is -2.01. The molecule has 3 heteroatoms. The van der Waals surface area contributed by atoms with E-state index in [0.717, 1.165) is 34.0 Å². The molecule has 7 rings (SSSR count). The molecule has 7 aromatic rings. The topological polar surface area (TPSA) is 37.8 Å². The summed E-state index contributed by atoms with van der Waals surface area (Å²) >= 11 is 0. The van der Waals surface area contributed by atoms with Gasteiger partial charge in [-0.05, 0) is 74.3 Å². The van der Waals surface area contributed by atoms with Crippen LogP contribution in [-0.4, -0.2) is 9.97 Å². The average molecular weight is 409 g/mol. The molecule has 2 aromatic heterocycles. The van der Waals surface area contributed by atoms with Gasteiger partial charge in [0.05, 0.1) is 11.0 Å². The van der Waals surface area contributed by atoms with E-state index in [-0.39, 0.29) is 0 Å². The van der Waals surface area contributed by atoms with Crippen LogP contribution in [0, 0.1) is 0 Å². The molecule has 0 atom stereocenters. The highest BCUT2D eigenvalue weighted by Gasteiger charge is 2.11. The van der Waals surface area contributed by atoms with Crippen LogP contribution in [0.15, 0.2) is 97.3 Å². The van der Waals surface area contributed by atoms with Crippen molar-refractivity contribution in [3.63, 3.8) is 0 Å². The molecule has 0 fully saturated rings. The number of rotatable bonds is 3. The third kappa shape index (κ3) is 2.55. The van der Waals surface area contributed by atoms with E-state index in [1.807, 2.05) is 24.5 Å². The predicted molar refractivity (Wildman–Crippen MR) is 135 cm³/mol. The van der Waals surface area contributed by atoms with Gasteiger partial charge in [-0.25, -0.2) is 0 Å². The Kier molecular flexibility index (Phi) is 3.61. The highest BCUT2D eigenvalue weighted by molar-refractivity contribution is 6.23. The Hall–Kier alpha value is -4.24. The Morgan fingerprint density at radius 3 is 1.97 bits per heavy atom. The number of hydrogen-bond acceptors (Lipinski definition) is 3. The van der Waals surface area contributed by atoms with Crippen LogP contribution in [0.2, 0.25) is 0 Å². The van der Waals surface area contributed by atoms with E-state index >= 15 is 0 Å². The van der Waals surface area contributed by atoms with Crippen molar-refractivity contribution in [3.8, 4) is 0 Å². The number of benzene rings is 5. The van der Waals surface area contributed by atoms with Gasteiger partial charge in [0.2, 0.25) is 0 Å². The van der Waals surface area contributed by atoms with Crippen molar-refractivity contribution < 1.29 is 0 Å². The van der Waals surface area contributed by atoms with E-state index in [0.29, 0.717) is 0 Å². The fourth-order valence-electron chi connectivity index (χ4n) is 5.04. The van der Waals surface area contributed by atoms with Gasteiger partial charge in [-0.3, -0.25) is 9.97 Å². The third-order valence-corrected chi connectivity index (χ3v) is 6.47. The number of nitrogens with one attached hydrogen (secondary N) is 1. The lowest BCUT2D eigenvalue weighted by Gasteiger charge is -2.14. The Morgan fingerprint density at radius 2 is 1.19 bits per heavy atom.